The summed E-state index contributed by atoms with van der Waals surface area (Å²) in [4.78, 5) is 22.0. The van der Waals surface area contributed by atoms with Gasteiger partial charge in [-0.3, -0.25) is 4.79 Å². The molecule has 3 N–H and O–H groups in total. The lowest BCUT2D eigenvalue weighted by Crippen LogP contribution is -2.32. The van der Waals surface area contributed by atoms with Crippen LogP contribution in [0.4, 0.5) is 9.18 Å². The molecular formula is C26H50FN2O4S+. The molecule has 2 rings (SSSR count). The van der Waals surface area contributed by atoms with E-state index < -0.39 is 11.7 Å². The van der Waals surface area contributed by atoms with Gasteiger partial charge in [-0.25, -0.2) is 9.18 Å². The number of hydrogen-bond donors (Lipinski definition) is 2. The van der Waals surface area contributed by atoms with Crippen LogP contribution in [0.1, 0.15) is 93.2 Å². The zero-order chi connectivity index (χ0) is 27.3. The van der Waals surface area contributed by atoms with Crippen molar-refractivity contribution in [1.29, 1.82) is 0 Å². The molecule has 0 bridgehead atoms. The van der Waals surface area contributed by atoms with Crippen molar-refractivity contribution in [3.8, 4) is 5.75 Å². The van der Waals surface area contributed by atoms with Crippen LogP contribution in [0.5, 0.6) is 5.75 Å². The highest BCUT2D eigenvalue weighted by Crippen LogP contribution is 2.32. The molecule has 1 unspecified atom stereocenters. The van der Waals surface area contributed by atoms with Crippen LogP contribution in [0.15, 0.2) is 18.2 Å². The Morgan fingerprint density at radius 1 is 1.15 bits per heavy atom. The number of fused-ring (bicyclic) bond motifs is 1. The van der Waals surface area contributed by atoms with Gasteiger partial charge in [0, 0.05) is 24.8 Å². The number of hydrogen-bond acceptors (Lipinski definition) is 4. The number of rotatable bonds is 5. The Morgan fingerprint density at radius 2 is 1.71 bits per heavy atom. The Hall–Kier alpha value is -1.96. The van der Waals surface area contributed by atoms with Crippen LogP contribution in [0, 0.1) is 5.82 Å². The van der Waals surface area contributed by atoms with Crippen molar-refractivity contribution in [1.82, 2.24) is 5.32 Å². The zero-order valence-electron chi connectivity index (χ0n) is 23.3. The molecule has 0 fully saturated rings. The highest BCUT2D eigenvalue weighted by Gasteiger charge is 2.23. The van der Waals surface area contributed by atoms with Crippen molar-refractivity contribution >= 4 is 22.9 Å². The van der Waals surface area contributed by atoms with E-state index in [4.69, 9.17) is 10.5 Å². The number of ether oxygens (including phenoxy) is 2. The number of amides is 2. The fraction of sp³-hybridized carbons (Fsp3) is 0.692. The molecule has 1 atom stereocenters. The van der Waals surface area contributed by atoms with Gasteiger partial charge in [-0.2, -0.15) is 0 Å². The van der Waals surface area contributed by atoms with Crippen molar-refractivity contribution in [2.75, 3.05) is 24.9 Å². The SMILES string of the molecule is CC.CC.CC.CC(C)(C)OC(N)=O.C[S+](C)CCCC(=O)NC1CCOc2ccc(F)cc21. The van der Waals surface area contributed by atoms with E-state index in [1.54, 1.807) is 26.8 Å². The largest absolute Gasteiger partial charge is 0.493 e. The normalized spacial score (nSPS) is 13.4. The molecule has 0 aromatic heterocycles. The Kier molecular flexibility index (Phi) is 23.2. The summed E-state index contributed by atoms with van der Waals surface area (Å²) >= 11 is 0. The molecule has 1 aliphatic rings. The second-order valence-electron chi connectivity index (χ2n) is 7.77. The van der Waals surface area contributed by atoms with Crippen molar-refractivity contribution < 1.29 is 23.5 Å². The van der Waals surface area contributed by atoms with Crippen LogP contribution in [0.3, 0.4) is 0 Å². The fourth-order valence-corrected chi connectivity index (χ4v) is 3.33. The number of halogens is 1. The summed E-state index contributed by atoms with van der Waals surface area (Å²) in [7, 11) is 0.372. The maximum atomic E-state index is 13.3. The molecule has 8 heteroatoms. The van der Waals surface area contributed by atoms with E-state index in [2.05, 4.69) is 22.6 Å². The Labute approximate surface area is 210 Å². The number of nitrogens with two attached hydrogens (primary N) is 1. The number of carbonyl (C=O) groups is 2. The molecule has 34 heavy (non-hydrogen) atoms. The lowest BCUT2D eigenvalue weighted by atomic mass is 10.00. The molecule has 0 radical (unpaired) electrons. The summed E-state index contributed by atoms with van der Waals surface area (Å²) in [5.74, 6) is 1.49. The van der Waals surface area contributed by atoms with Crippen molar-refractivity contribution in [3.05, 3.63) is 29.6 Å². The Morgan fingerprint density at radius 3 is 2.15 bits per heavy atom. The highest BCUT2D eigenvalue weighted by atomic mass is 32.2. The molecule has 1 aliphatic heterocycles. The third-order valence-electron chi connectivity index (χ3n) is 3.71. The second-order valence-corrected chi connectivity index (χ2v) is 10.1. The van der Waals surface area contributed by atoms with Crippen LogP contribution in [-0.4, -0.2) is 42.5 Å². The summed E-state index contributed by atoms with van der Waals surface area (Å²) in [6.07, 6.45) is 5.75. The molecule has 2 amide bonds. The molecule has 0 saturated carbocycles. The highest BCUT2D eigenvalue weighted by molar-refractivity contribution is 7.95. The Bertz CT molecular complexity index is 665. The van der Waals surface area contributed by atoms with Crippen LogP contribution < -0.4 is 15.8 Å². The van der Waals surface area contributed by atoms with Crippen LogP contribution in [0.2, 0.25) is 0 Å². The number of primary amides is 1. The molecule has 200 valence electrons. The Balaban J connectivity index is -0.000000578. The van der Waals surface area contributed by atoms with Crippen LogP contribution in [-0.2, 0) is 20.4 Å². The van der Waals surface area contributed by atoms with Crippen molar-refractivity contribution in [2.24, 2.45) is 5.73 Å². The third-order valence-corrected chi connectivity index (χ3v) is 4.81. The van der Waals surface area contributed by atoms with Gasteiger partial charge in [0.2, 0.25) is 5.91 Å². The van der Waals surface area contributed by atoms with Gasteiger partial charge in [-0.05, 0) is 49.9 Å². The summed E-state index contributed by atoms with van der Waals surface area (Å²) in [6, 6.07) is 4.33. The third kappa shape index (κ3) is 19.5. The minimum atomic E-state index is -0.725. The molecule has 1 aromatic rings. The van der Waals surface area contributed by atoms with Gasteiger partial charge < -0.3 is 20.5 Å². The summed E-state index contributed by atoms with van der Waals surface area (Å²) < 4.78 is 23.4. The smallest absolute Gasteiger partial charge is 0.405 e. The molecule has 0 aliphatic carbocycles. The summed E-state index contributed by atoms with van der Waals surface area (Å²) in [6.45, 7) is 17.8. The average molecular weight is 506 g/mol. The number of nitrogens with one attached hydrogen (secondary N) is 1. The van der Waals surface area contributed by atoms with Gasteiger partial charge in [0.1, 0.15) is 22.9 Å². The maximum Gasteiger partial charge on any atom is 0.405 e. The molecule has 1 heterocycles. The molecule has 0 spiro atoms. The second kappa shape index (κ2) is 21.6. The number of carbonyl (C=O) groups excluding carboxylic acids is 2. The first kappa shape index (κ1) is 36.6. The molecule has 1 aromatic carbocycles. The van der Waals surface area contributed by atoms with E-state index in [1.165, 1.54) is 12.1 Å². The average Bonchev–Trinajstić information content (AvgIpc) is 2.77. The molecule has 0 saturated heterocycles. The lowest BCUT2D eigenvalue weighted by molar-refractivity contribution is -0.122. The van der Waals surface area contributed by atoms with E-state index in [0.29, 0.717) is 36.1 Å². The van der Waals surface area contributed by atoms with Gasteiger partial charge in [-0.15, -0.1) is 0 Å². The quantitative estimate of drug-likeness (QED) is 0.454. The first-order valence-corrected chi connectivity index (χ1v) is 14.4. The van der Waals surface area contributed by atoms with Gasteiger partial charge in [0.05, 0.1) is 25.2 Å². The van der Waals surface area contributed by atoms with E-state index in [-0.39, 0.29) is 17.8 Å². The minimum Gasteiger partial charge on any atom is -0.493 e. The van der Waals surface area contributed by atoms with Crippen molar-refractivity contribution in [2.45, 2.75) is 93.2 Å². The predicted molar refractivity (Wildman–Crippen MR) is 145 cm³/mol. The van der Waals surface area contributed by atoms with E-state index >= 15 is 0 Å². The zero-order valence-corrected chi connectivity index (χ0v) is 24.2. The monoisotopic (exact) mass is 505 g/mol. The predicted octanol–water partition coefficient (Wildman–Crippen LogP) is 6.38. The molecular weight excluding hydrogens is 455 g/mol. The minimum absolute atomic E-state index is 0.0394. The van der Waals surface area contributed by atoms with Gasteiger partial charge in [-0.1, -0.05) is 41.5 Å². The summed E-state index contributed by atoms with van der Waals surface area (Å²) in [5.41, 5.74) is 5.01. The lowest BCUT2D eigenvalue weighted by Gasteiger charge is -2.26. The first-order valence-electron chi connectivity index (χ1n) is 12.2. The van der Waals surface area contributed by atoms with E-state index in [1.807, 2.05) is 41.5 Å². The maximum absolute atomic E-state index is 13.3. The van der Waals surface area contributed by atoms with Gasteiger partial charge in [0.15, 0.2) is 0 Å². The fourth-order valence-electron chi connectivity index (χ4n) is 2.60. The van der Waals surface area contributed by atoms with E-state index in [0.717, 1.165) is 17.7 Å². The standard InChI is InChI=1S/C15H20FNO2S.C5H11NO2.3C2H6/c1-20(2)9-3-4-15(18)17-13-7-8-19-14-6-5-11(16)10-12(13)14;1-5(2,3)8-4(6)7;3*1-2/h5-6,10,13H,3-4,7-9H2,1-2H3;1-3H3,(H2,6,7);3*1-2H3/p+1. The number of benzene rings is 1. The first-order chi connectivity index (χ1) is 16.0. The summed E-state index contributed by atoms with van der Waals surface area (Å²) in [5, 5.41) is 2.99. The molecule has 6 nitrogen and oxygen atoms in total. The van der Waals surface area contributed by atoms with Gasteiger partial charge in [0.25, 0.3) is 0 Å². The van der Waals surface area contributed by atoms with Crippen LogP contribution >= 0.6 is 0 Å². The van der Waals surface area contributed by atoms with Gasteiger partial charge >= 0.3 is 6.09 Å². The van der Waals surface area contributed by atoms with E-state index in [9.17, 15) is 14.0 Å². The van der Waals surface area contributed by atoms with Crippen LogP contribution in [0.25, 0.3) is 0 Å². The van der Waals surface area contributed by atoms with Crippen molar-refractivity contribution in [3.63, 3.8) is 0 Å². The topological polar surface area (TPSA) is 90.7 Å².